The highest BCUT2D eigenvalue weighted by Crippen LogP contribution is 2.41. The van der Waals surface area contributed by atoms with E-state index < -0.39 is 36.1 Å². The Kier molecular flexibility index (Phi) is 17.7. The van der Waals surface area contributed by atoms with E-state index in [-0.39, 0.29) is 64.6 Å². The number of aromatic hydroxyl groups is 1. The molecule has 5 aromatic carbocycles. The Labute approximate surface area is 430 Å². The number of esters is 1. The van der Waals surface area contributed by atoms with Crippen molar-refractivity contribution < 1.29 is 61.9 Å². The van der Waals surface area contributed by atoms with Crippen molar-refractivity contribution in [2.45, 2.75) is 13.1 Å². The number of phenols is 1. The van der Waals surface area contributed by atoms with Gasteiger partial charge in [-0.2, -0.15) is 13.2 Å². The summed E-state index contributed by atoms with van der Waals surface area (Å²) in [5.41, 5.74) is 4.40. The number of aliphatic hydroxyl groups is 1. The van der Waals surface area contributed by atoms with E-state index in [4.69, 9.17) is 19.4 Å². The number of para-hydroxylation sites is 1. The number of alkyl halides is 3. The fourth-order valence-electron chi connectivity index (χ4n) is 7.03. The number of carbonyl (C=O) groups excluding carboxylic acids is 4. The highest BCUT2D eigenvalue weighted by molar-refractivity contribution is 8.18. The summed E-state index contributed by atoms with van der Waals surface area (Å²) in [6, 6.07) is 31.2. The van der Waals surface area contributed by atoms with Gasteiger partial charge in [0.05, 0.1) is 36.8 Å². The summed E-state index contributed by atoms with van der Waals surface area (Å²) in [5, 5.41) is 49.6. The first kappa shape index (κ1) is 53.5. The topological polar surface area (TPSA) is 286 Å². The van der Waals surface area contributed by atoms with E-state index in [2.05, 4.69) is 52.2 Å². The molecule has 0 radical (unpaired) electrons. The number of halogens is 3. The molecule has 3 aliphatic rings. The van der Waals surface area contributed by atoms with Gasteiger partial charge in [0.2, 0.25) is 0 Å². The van der Waals surface area contributed by atoms with Crippen LogP contribution in [0.5, 0.6) is 11.5 Å². The maximum atomic E-state index is 13.6. The minimum Gasteiger partial charge on any atom is -0.506 e. The van der Waals surface area contributed by atoms with E-state index in [9.17, 15) is 42.6 Å². The third-order valence-electron chi connectivity index (χ3n) is 10.4. The number of benzene rings is 5. The number of aliphatic imine (C=N–C) groups is 3. The number of amidine groups is 2. The third-order valence-corrected chi connectivity index (χ3v) is 11.4. The van der Waals surface area contributed by atoms with Crippen molar-refractivity contribution in [1.82, 2.24) is 16.0 Å². The van der Waals surface area contributed by atoms with Gasteiger partial charge < -0.3 is 62.0 Å². The number of urea groups is 2. The third kappa shape index (κ3) is 15.1. The molecule has 10 N–H and O–H groups in total. The SMILES string of the molecule is CCOC(=O)C1=C(O)/C(=C/c2ccc(OCCNC(=O)c3cc(NC(=O)Nc4ccc(C5=NCCN5)cc4)cc(NC(=O)Nc4ccc(C5=NCCN5)cc4)c3)c(O)c2)SC1=Nc1ccccc1.O=C(O)C(F)(F)F. The fraction of sp³-hybridized carbons (Fsp3) is 0.176. The molecule has 8 rings (SSSR count). The molecule has 20 nitrogen and oxygen atoms in total. The summed E-state index contributed by atoms with van der Waals surface area (Å²) in [5.74, 6) is -2.80. The van der Waals surface area contributed by atoms with E-state index in [0.29, 0.717) is 40.6 Å². The normalized spacial score (nSPS) is 14.8. The lowest BCUT2D eigenvalue weighted by Crippen LogP contribution is -2.28. The number of anilines is 4. The average Bonchev–Trinajstić information content (AvgIpc) is 4.18. The first-order valence-corrected chi connectivity index (χ1v) is 23.6. The van der Waals surface area contributed by atoms with Gasteiger partial charge >= 0.3 is 30.2 Å². The second-order valence-corrected chi connectivity index (χ2v) is 16.9. The van der Waals surface area contributed by atoms with Crippen molar-refractivity contribution in [2.75, 3.05) is 67.2 Å². The minimum atomic E-state index is -5.08. The van der Waals surface area contributed by atoms with Crippen LogP contribution in [0.3, 0.4) is 0 Å². The summed E-state index contributed by atoms with van der Waals surface area (Å²) in [4.78, 5) is 75.3. The zero-order chi connectivity index (χ0) is 53.5. The van der Waals surface area contributed by atoms with Gasteiger partial charge in [-0.25, -0.2) is 24.2 Å². The Bertz CT molecular complexity index is 3010. The minimum absolute atomic E-state index is 0.0107. The molecule has 0 saturated heterocycles. The number of aliphatic carboxylic acids is 1. The van der Waals surface area contributed by atoms with Gasteiger partial charge in [-0.1, -0.05) is 36.0 Å². The van der Waals surface area contributed by atoms with E-state index in [1.807, 2.05) is 42.5 Å². The van der Waals surface area contributed by atoms with Crippen LogP contribution in [0.1, 0.15) is 34.0 Å². The van der Waals surface area contributed by atoms with Crippen LogP contribution in [0.2, 0.25) is 0 Å². The Morgan fingerprint density at radius 3 is 1.79 bits per heavy atom. The predicted molar refractivity (Wildman–Crippen MR) is 278 cm³/mol. The predicted octanol–water partition coefficient (Wildman–Crippen LogP) is 8.02. The van der Waals surface area contributed by atoms with Crippen LogP contribution in [-0.2, 0) is 14.3 Å². The molecule has 0 aliphatic carbocycles. The van der Waals surface area contributed by atoms with Gasteiger partial charge in [0.1, 0.15) is 34.7 Å². The van der Waals surface area contributed by atoms with E-state index in [1.54, 1.807) is 55.5 Å². The first-order valence-electron chi connectivity index (χ1n) is 22.8. The van der Waals surface area contributed by atoms with Crippen LogP contribution in [-0.4, -0.2) is 114 Å². The monoisotopic (exact) mass is 1050 g/mol. The molecule has 0 unspecified atom stereocenters. The van der Waals surface area contributed by atoms with Crippen LogP contribution in [0.4, 0.5) is 51.2 Å². The Morgan fingerprint density at radius 2 is 1.29 bits per heavy atom. The van der Waals surface area contributed by atoms with Crippen molar-refractivity contribution in [2.24, 2.45) is 15.0 Å². The smallest absolute Gasteiger partial charge is 0.490 e. The number of carbonyl (C=O) groups is 5. The quantitative estimate of drug-likeness (QED) is 0.0352. The van der Waals surface area contributed by atoms with Crippen molar-refractivity contribution in [3.63, 3.8) is 0 Å². The molecule has 3 aliphatic heterocycles. The molecule has 24 heteroatoms. The molecule has 388 valence electrons. The summed E-state index contributed by atoms with van der Waals surface area (Å²) in [7, 11) is 0. The van der Waals surface area contributed by atoms with Crippen LogP contribution >= 0.6 is 11.8 Å². The van der Waals surface area contributed by atoms with Crippen LogP contribution in [0.15, 0.2) is 146 Å². The van der Waals surface area contributed by atoms with Crippen molar-refractivity contribution in [1.29, 1.82) is 0 Å². The highest BCUT2D eigenvalue weighted by Gasteiger charge is 2.38. The Balaban J connectivity index is 0.00000109. The number of amides is 5. The summed E-state index contributed by atoms with van der Waals surface area (Å²) in [6.07, 6.45) is -3.49. The molecule has 5 aromatic rings. The molecule has 5 amide bonds. The standard InChI is InChI=1S/C49H46N10O8S.C2HF3O2/c1-2-66-47(63)41-42(61)40(68-46(41)55-33-6-4-3-5-7-33)25-29-8-17-39(38(60)24-29)67-23-22-54-45(62)32-26-36(58-48(64)56-34-13-9-30(10-14-34)43-50-18-19-51-43)28-37(27-32)59-49(65)57-35-15-11-31(12-16-35)44-52-20-21-53-44;3-2(4,5)1(6)7/h3-17,24-28,60-61H,2,18-23H2,1H3,(H,50,51)(H,52,53)(H,54,62)(H2,56,58,64)(H2,57,59,65);(H,6,7)/b40-25-,55-46?;. The molecular weight excluding hydrogens is 1000 g/mol. The number of nitrogens with zero attached hydrogens (tertiary/aromatic N) is 3. The van der Waals surface area contributed by atoms with Gasteiger partial charge in [0, 0.05) is 52.5 Å². The number of aliphatic hydroxyl groups excluding tert-OH is 1. The summed E-state index contributed by atoms with van der Waals surface area (Å²) < 4.78 is 42.7. The van der Waals surface area contributed by atoms with Crippen molar-refractivity contribution in [3.8, 4) is 11.5 Å². The number of phenolic OH excluding ortho intramolecular Hbond substituents is 1. The van der Waals surface area contributed by atoms with Gasteiger partial charge in [0.15, 0.2) is 11.5 Å². The van der Waals surface area contributed by atoms with Crippen molar-refractivity contribution >= 4 is 92.9 Å². The molecular formula is C51H47F3N10O10S. The second kappa shape index (κ2) is 24.9. The second-order valence-electron chi connectivity index (χ2n) is 15.9. The molecule has 0 fully saturated rings. The fourth-order valence-corrected chi connectivity index (χ4v) is 8.07. The maximum absolute atomic E-state index is 13.6. The van der Waals surface area contributed by atoms with Crippen LogP contribution in [0.25, 0.3) is 6.08 Å². The number of carboxylic acids is 1. The van der Waals surface area contributed by atoms with Gasteiger partial charge in [-0.05, 0) is 110 Å². The lowest BCUT2D eigenvalue weighted by atomic mass is 10.1. The van der Waals surface area contributed by atoms with E-state index >= 15 is 0 Å². The molecule has 0 atom stereocenters. The summed E-state index contributed by atoms with van der Waals surface area (Å²) >= 11 is 1.09. The molecule has 75 heavy (non-hydrogen) atoms. The van der Waals surface area contributed by atoms with E-state index in [1.165, 1.54) is 30.3 Å². The number of rotatable bonds is 15. The number of hydrogen-bond donors (Lipinski definition) is 10. The molecule has 0 saturated carbocycles. The number of nitrogens with one attached hydrogen (secondary N) is 7. The van der Waals surface area contributed by atoms with E-state index in [0.717, 1.165) is 47.6 Å². The number of thioether (sulfide) groups is 1. The highest BCUT2D eigenvalue weighted by atomic mass is 32.2. The van der Waals surface area contributed by atoms with Gasteiger partial charge in [-0.3, -0.25) is 14.8 Å². The zero-order valence-corrected chi connectivity index (χ0v) is 40.4. The van der Waals surface area contributed by atoms with Crippen LogP contribution in [0, 0.1) is 0 Å². The largest absolute Gasteiger partial charge is 0.506 e. The maximum Gasteiger partial charge on any atom is 0.490 e. The molecule has 0 bridgehead atoms. The van der Waals surface area contributed by atoms with Gasteiger partial charge in [-0.15, -0.1) is 0 Å². The number of carboxylic acid groups (broad SMARTS) is 1. The van der Waals surface area contributed by atoms with Gasteiger partial charge in [0.25, 0.3) is 5.91 Å². The number of hydrogen-bond acceptors (Lipinski definition) is 15. The Hall–Kier alpha value is -9.32. The lowest BCUT2D eigenvalue weighted by Gasteiger charge is -2.14. The Morgan fingerprint density at radius 1 is 0.747 bits per heavy atom. The first-order chi connectivity index (χ1) is 36.0. The summed E-state index contributed by atoms with van der Waals surface area (Å²) in [6.45, 7) is 4.68. The van der Waals surface area contributed by atoms with Crippen LogP contribution < -0.4 is 42.0 Å². The molecule has 0 spiro atoms. The zero-order valence-electron chi connectivity index (χ0n) is 39.6. The number of ether oxygens (including phenoxy) is 2. The molecule has 0 aromatic heterocycles. The van der Waals surface area contributed by atoms with Crippen molar-refractivity contribution in [3.05, 3.63) is 154 Å². The average molecular weight is 1050 g/mol. The molecule has 3 heterocycles. The lowest BCUT2D eigenvalue weighted by molar-refractivity contribution is -0.192.